The van der Waals surface area contributed by atoms with Crippen molar-refractivity contribution in [1.82, 2.24) is 20.4 Å². The van der Waals surface area contributed by atoms with Crippen LogP contribution in [0, 0.1) is 11.8 Å². The molecule has 9 nitrogen and oxygen atoms in total. The lowest BCUT2D eigenvalue weighted by Crippen LogP contribution is -2.48. The van der Waals surface area contributed by atoms with Crippen LogP contribution in [0.1, 0.15) is 17.5 Å². The van der Waals surface area contributed by atoms with Crippen LogP contribution in [0.25, 0.3) is 0 Å². The van der Waals surface area contributed by atoms with E-state index in [0.29, 0.717) is 63.7 Å². The number of amides is 3. The maximum Gasteiger partial charge on any atom is 0.416 e. The van der Waals surface area contributed by atoms with Crippen LogP contribution in [-0.4, -0.2) is 81.8 Å². The van der Waals surface area contributed by atoms with E-state index in [4.69, 9.17) is 14.2 Å². The zero-order valence-electron chi connectivity index (χ0n) is 22.6. The first-order valence-electron chi connectivity index (χ1n) is 13.2. The Bertz CT molecular complexity index is 1180. The van der Waals surface area contributed by atoms with Gasteiger partial charge >= 0.3 is 12.2 Å². The summed E-state index contributed by atoms with van der Waals surface area (Å²) in [4.78, 5) is 28.7. The van der Waals surface area contributed by atoms with Crippen molar-refractivity contribution in [3.8, 4) is 17.2 Å². The molecule has 2 saturated heterocycles. The summed E-state index contributed by atoms with van der Waals surface area (Å²) in [5.41, 5.74) is 0.198. The minimum atomic E-state index is -4.46. The van der Waals surface area contributed by atoms with Gasteiger partial charge in [0.1, 0.15) is 5.75 Å². The SMILES string of the molecule is COc1ccc(CN2C[C@@H](COc3cccc(C(F)(F)F)c3)C[C@@H](C(=O)NCCN3CCNC3=O)C2)cc1OC. The number of nitrogens with one attached hydrogen (secondary N) is 2. The van der Waals surface area contributed by atoms with E-state index < -0.39 is 11.7 Å². The summed E-state index contributed by atoms with van der Waals surface area (Å²) in [6.45, 7) is 3.76. The third-order valence-corrected chi connectivity index (χ3v) is 7.11. The molecule has 0 unspecified atom stereocenters. The summed E-state index contributed by atoms with van der Waals surface area (Å²) in [6, 6.07) is 10.3. The van der Waals surface area contributed by atoms with Crippen LogP contribution in [0.4, 0.5) is 18.0 Å². The second kappa shape index (κ2) is 13.1. The number of piperidine rings is 1. The smallest absolute Gasteiger partial charge is 0.416 e. The van der Waals surface area contributed by atoms with Gasteiger partial charge in [0.25, 0.3) is 0 Å². The summed E-state index contributed by atoms with van der Waals surface area (Å²) in [5.74, 6) is 0.778. The van der Waals surface area contributed by atoms with Crippen molar-refractivity contribution in [2.75, 3.05) is 60.1 Å². The third kappa shape index (κ3) is 7.71. The Labute approximate surface area is 231 Å². The van der Waals surface area contributed by atoms with Crippen LogP contribution in [0.2, 0.25) is 0 Å². The number of hydrogen-bond donors (Lipinski definition) is 2. The first kappa shape index (κ1) is 29.3. The number of benzene rings is 2. The number of halogens is 3. The van der Waals surface area contributed by atoms with Gasteiger partial charge in [0.15, 0.2) is 11.5 Å². The first-order chi connectivity index (χ1) is 19.2. The fourth-order valence-electron chi connectivity index (χ4n) is 5.14. The number of hydrogen-bond acceptors (Lipinski definition) is 6. The van der Waals surface area contributed by atoms with Crippen LogP contribution < -0.4 is 24.8 Å². The van der Waals surface area contributed by atoms with Gasteiger partial charge in [-0.05, 0) is 42.3 Å². The zero-order chi connectivity index (χ0) is 28.7. The highest BCUT2D eigenvalue weighted by atomic mass is 19.4. The van der Waals surface area contributed by atoms with Crippen molar-refractivity contribution < 1.29 is 37.0 Å². The molecular formula is C28H35F3N4O5. The molecule has 2 aliphatic heterocycles. The highest BCUT2D eigenvalue weighted by Crippen LogP contribution is 2.32. The molecule has 2 atom stereocenters. The lowest BCUT2D eigenvalue weighted by molar-refractivity contribution is -0.137. The number of methoxy groups -OCH3 is 2. The van der Waals surface area contributed by atoms with Gasteiger partial charge in [-0.15, -0.1) is 0 Å². The van der Waals surface area contributed by atoms with Gasteiger partial charge in [-0.1, -0.05) is 12.1 Å². The van der Waals surface area contributed by atoms with E-state index in [0.717, 1.165) is 17.7 Å². The van der Waals surface area contributed by atoms with Gasteiger partial charge < -0.3 is 29.7 Å². The first-order valence-corrected chi connectivity index (χ1v) is 13.2. The molecule has 0 radical (unpaired) electrons. The molecule has 0 aromatic heterocycles. The number of ether oxygens (including phenoxy) is 3. The van der Waals surface area contributed by atoms with E-state index in [2.05, 4.69) is 15.5 Å². The van der Waals surface area contributed by atoms with E-state index >= 15 is 0 Å². The minimum absolute atomic E-state index is 0.0939. The molecule has 218 valence electrons. The topological polar surface area (TPSA) is 92.4 Å². The Morgan fingerprint density at radius 3 is 2.60 bits per heavy atom. The molecule has 2 heterocycles. The largest absolute Gasteiger partial charge is 0.493 e. The molecule has 2 aliphatic rings. The lowest BCUT2D eigenvalue weighted by atomic mass is 9.88. The number of nitrogens with zero attached hydrogens (tertiary/aromatic N) is 2. The maximum atomic E-state index is 13.2. The number of alkyl halides is 3. The molecule has 0 aliphatic carbocycles. The zero-order valence-corrected chi connectivity index (χ0v) is 22.6. The summed E-state index contributed by atoms with van der Waals surface area (Å²) >= 11 is 0. The van der Waals surface area contributed by atoms with Gasteiger partial charge in [-0.3, -0.25) is 9.69 Å². The Hall–Kier alpha value is -3.67. The number of urea groups is 1. The summed E-state index contributed by atoms with van der Waals surface area (Å²) in [7, 11) is 3.13. The highest BCUT2D eigenvalue weighted by Gasteiger charge is 2.33. The second-order valence-electron chi connectivity index (χ2n) is 10.0. The Balaban J connectivity index is 1.42. The van der Waals surface area contributed by atoms with Gasteiger partial charge in [-0.2, -0.15) is 13.2 Å². The molecular weight excluding hydrogens is 529 g/mol. The summed E-state index contributed by atoms with van der Waals surface area (Å²) in [5, 5.41) is 5.68. The van der Waals surface area contributed by atoms with E-state index in [1.807, 2.05) is 18.2 Å². The van der Waals surface area contributed by atoms with Crippen molar-refractivity contribution in [2.24, 2.45) is 11.8 Å². The van der Waals surface area contributed by atoms with Crippen molar-refractivity contribution >= 4 is 11.9 Å². The fourth-order valence-corrected chi connectivity index (χ4v) is 5.14. The molecule has 12 heteroatoms. The van der Waals surface area contributed by atoms with Crippen LogP contribution in [-0.2, 0) is 17.5 Å². The predicted molar refractivity (Wildman–Crippen MR) is 141 cm³/mol. The van der Waals surface area contributed by atoms with Gasteiger partial charge in [0.2, 0.25) is 5.91 Å². The van der Waals surface area contributed by atoms with Gasteiger partial charge in [-0.25, -0.2) is 4.79 Å². The highest BCUT2D eigenvalue weighted by molar-refractivity contribution is 5.79. The monoisotopic (exact) mass is 564 g/mol. The molecule has 0 saturated carbocycles. The molecule has 3 amide bonds. The molecule has 2 aromatic carbocycles. The number of carbonyl (C=O) groups is 2. The normalized spacial score (nSPS) is 19.7. The second-order valence-corrected chi connectivity index (χ2v) is 10.0. The van der Waals surface area contributed by atoms with Gasteiger partial charge in [0.05, 0.1) is 32.3 Å². The van der Waals surface area contributed by atoms with E-state index in [-0.39, 0.29) is 36.1 Å². The van der Waals surface area contributed by atoms with E-state index in [1.54, 1.807) is 19.1 Å². The van der Waals surface area contributed by atoms with Crippen molar-refractivity contribution in [3.63, 3.8) is 0 Å². The lowest BCUT2D eigenvalue weighted by Gasteiger charge is -2.37. The van der Waals surface area contributed by atoms with E-state index in [1.165, 1.54) is 12.1 Å². The Morgan fingerprint density at radius 2 is 1.90 bits per heavy atom. The average Bonchev–Trinajstić information content (AvgIpc) is 3.35. The predicted octanol–water partition coefficient (Wildman–Crippen LogP) is 3.38. The van der Waals surface area contributed by atoms with Crippen molar-refractivity contribution in [1.29, 1.82) is 0 Å². The molecule has 40 heavy (non-hydrogen) atoms. The molecule has 2 aromatic rings. The number of rotatable bonds is 11. The Kier molecular flexibility index (Phi) is 9.62. The van der Waals surface area contributed by atoms with Crippen LogP contribution >= 0.6 is 0 Å². The molecule has 4 rings (SSSR count). The molecule has 0 bridgehead atoms. The van der Waals surface area contributed by atoms with Crippen LogP contribution in [0.5, 0.6) is 17.2 Å². The van der Waals surface area contributed by atoms with Gasteiger partial charge in [0, 0.05) is 51.7 Å². The van der Waals surface area contributed by atoms with Crippen molar-refractivity contribution in [3.05, 3.63) is 53.6 Å². The van der Waals surface area contributed by atoms with Crippen molar-refractivity contribution in [2.45, 2.75) is 19.1 Å². The average molecular weight is 565 g/mol. The van der Waals surface area contributed by atoms with Crippen LogP contribution in [0.15, 0.2) is 42.5 Å². The third-order valence-electron chi connectivity index (χ3n) is 7.11. The summed E-state index contributed by atoms with van der Waals surface area (Å²) in [6.07, 6.45) is -3.93. The molecule has 0 spiro atoms. The maximum absolute atomic E-state index is 13.2. The number of likely N-dealkylation sites (tertiary alicyclic amines) is 1. The standard InChI is InChI=1S/C28H35F3N4O5/c1-38-24-7-6-19(13-25(24)39-2)15-34-16-20(18-40-23-5-3-4-22(14-23)28(29,30)31)12-21(17-34)26(36)32-8-10-35-11-9-33-27(35)37/h3-7,13-14,20-21H,8-12,15-18H2,1-2H3,(H,32,36)(H,33,37)/t20-,21+/m0/s1. The fraction of sp³-hybridized carbons (Fsp3) is 0.500. The van der Waals surface area contributed by atoms with Crippen LogP contribution in [0.3, 0.4) is 0 Å². The Morgan fingerprint density at radius 1 is 1.10 bits per heavy atom. The minimum Gasteiger partial charge on any atom is -0.493 e. The number of carbonyl (C=O) groups excluding carboxylic acids is 2. The quantitative estimate of drug-likeness (QED) is 0.435. The van der Waals surface area contributed by atoms with E-state index in [9.17, 15) is 22.8 Å². The molecule has 2 N–H and O–H groups in total. The molecule has 2 fully saturated rings. The summed E-state index contributed by atoms with van der Waals surface area (Å²) < 4.78 is 55.9.